The van der Waals surface area contributed by atoms with Gasteiger partial charge in [0.15, 0.2) is 0 Å². The van der Waals surface area contributed by atoms with E-state index in [0.717, 1.165) is 18.7 Å². The van der Waals surface area contributed by atoms with E-state index in [-0.39, 0.29) is 24.3 Å². The molecule has 0 aromatic heterocycles. The number of halogens is 1. The number of nitrogens with one attached hydrogen (secondary N) is 1. The number of hydrogen-bond donors (Lipinski definition) is 2. The molecule has 1 fully saturated rings. The molecule has 2 nitrogen and oxygen atoms in total. The van der Waals surface area contributed by atoms with E-state index in [1.54, 1.807) is 12.1 Å². The molecular formula is C11H14FNO. The zero-order valence-electron chi connectivity index (χ0n) is 7.91. The standard InChI is InChI=1S/C11H14FNO/c12-11-4-2-1-3-9(11)10-6-13-5-8(10)7-14/h1-4,8,10,13-14H,5-7H2/t8-,10-/m0/s1. The van der Waals surface area contributed by atoms with E-state index < -0.39 is 0 Å². The van der Waals surface area contributed by atoms with Crippen LogP contribution in [0.25, 0.3) is 0 Å². The van der Waals surface area contributed by atoms with Gasteiger partial charge >= 0.3 is 0 Å². The summed E-state index contributed by atoms with van der Waals surface area (Å²) in [6.07, 6.45) is 0. The van der Waals surface area contributed by atoms with Crippen molar-refractivity contribution in [2.75, 3.05) is 19.7 Å². The molecule has 0 saturated carbocycles. The number of rotatable bonds is 2. The van der Waals surface area contributed by atoms with Crippen molar-refractivity contribution in [2.24, 2.45) is 5.92 Å². The predicted molar refractivity (Wildman–Crippen MR) is 52.6 cm³/mol. The van der Waals surface area contributed by atoms with Crippen molar-refractivity contribution in [2.45, 2.75) is 5.92 Å². The summed E-state index contributed by atoms with van der Waals surface area (Å²) in [7, 11) is 0. The van der Waals surface area contributed by atoms with Crippen molar-refractivity contribution in [3.05, 3.63) is 35.6 Å². The highest BCUT2D eigenvalue weighted by molar-refractivity contribution is 5.24. The van der Waals surface area contributed by atoms with Gasteiger partial charge < -0.3 is 10.4 Å². The molecule has 1 aliphatic rings. The van der Waals surface area contributed by atoms with Crippen LogP contribution in [0.2, 0.25) is 0 Å². The Bertz CT molecular complexity index is 316. The number of benzene rings is 1. The molecule has 1 saturated heterocycles. The minimum Gasteiger partial charge on any atom is -0.396 e. The molecular weight excluding hydrogens is 181 g/mol. The second-order valence-electron chi connectivity index (χ2n) is 3.73. The van der Waals surface area contributed by atoms with Crippen LogP contribution in [0.3, 0.4) is 0 Å². The molecule has 0 aliphatic carbocycles. The van der Waals surface area contributed by atoms with Crippen molar-refractivity contribution in [1.82, 2.24) is 5.32 Å². The molecule has 14 heavy (non-hydrogen) atoms. The Morgan fingerprint density at radius 2 is 2.14 bits per heavy atom. The highest BCUT2D eigenvalue weighted by Gasteiger charge is 2.29. The van der Waals surface area contributed by atoms with E-state index in [0.29, 0.717) is 0 Å². The Hall–Kier alpha value is -0.930. The van der Waals surface area contributed by atoms with Gasteiger partial charge in [-0.25, -0.2) is 4.39 Å². The summed E-state index contributed by atoms with van der Waals surface area (Å²) in [6.45, 7) is 1.65. The third kappa shape index (κ3) is 1.65. The molecule has 1 aliphatic heterocycles. The Morgan fingerprint density at radius 3 is 2.86 bits per heavy atom. The maximum Gasteiger partial charge on any atom is 0.126 e. The van der Waals surface area contributed by atoms with Gasteiger partial charge in [0, 0.05) is 31.5 Å². The molecule has 2 atom stereocenters. The molecule has 1 heterocycles. The third-order valence-electron chi connectivity index (χ3n) is 2.88. The molecule has 2 N–H and O–H groups in total. The lowest BCUT2D eigenvalue weighted by Gasteiger charge is -2.16. The fourth-order valence-corrected chi connectivity index (χ4v) is 2.06. The fraction of sp³-hybridized carbons (Fsp3) is 0.455. The van der Waals surface area contributed by atoms with E-state index in [1.165, 1.54) is 6.07 Å². The van der Waals surface area contributed by atoms with Crippen LogP contribution in [-0.2, 0) is 0 Å². The maximum atomic E-state index is 13.4. The molecule has 2 rings (SSSR count). The van der Waals surface area contributed by atoms with Crippen LogP contribution in [0.5, 0.6) is 0 Å². The first kappa shape index (κ1) is 9.62. The van der Waals surface area contributed by atoms with Gasteiger partial charge in [0.1, 0.15) is 5.82 Å². The molecule has 0 radical (unpaired) electrons. The quantitative estimate of drug-likeness (QED) is 0.741. The van der Waals surface area contributed by atoms with Gasteiger partial charge in [-0.2, -0.15) is 0 Å². The Balaban J connectivity index is 2.26. The summed E-state index contributed by atoms with van der Waals surface area (Å²) in [4.78, 5) is 0. The van der Waals surface area contributed by atoms with E-state index in [1.807, 2.05) is 6.07 Å². The SMILES string of the molecule is OC[C@@H]1CNC[C@@H]1c1ccccc1F. The monoisotopic (exact) mass is 195 g/mol. The van der Waals surface area contributed by atoms with Gasteiger partial charge in [-0.05, 0) is 11.6 Å². The number of aliphatic hydroxyl groups excluding tert-OH is 1. The van der Waals surface area contributed by atoms with Gasteiger partial charge in [0.2, 0.25) is 0 Å². The average Bonchev–Trinajstić information content (AvgIpc) is 2.66. The summed E-state index contributed by atoms with van der Waals surface area (Å²) < 4.78 is 13.4. The summed E-state index contributed by atoms with van der Waals surface area (Å²) in [5.74, 6) is 0.0905. The largest absolute Gasteiger partial charge is 0.396 e. The Kier molecular flexibility index (Phi) is 2.79. The molecule has 1 aromatic rings. The van der Waals surface area contributed by atoms with Crippen LogP contribution in [0.15, 0.2) is 24.3 Å². The van der Waals surface area contributed by atoms with Crippen LogP contribution in [0, 0.1) is 11.7 Å². The third-order valence-corrected chi connectivity index (χ3v) is 2.88. The average molecular weight is 195 g/mol. The van der Waals surface area contributed by atoms with Crippen LogP contribution in [0.4, 0.5) is 4.39 Å². The van der Waals surface area contributed by atoms with E-state index in [2.05, 4.69) is 5.32 Å². The van der Waals surface area contributed by atoms with E-state index in [9.17, 15) is 4.39 Å². The van der Waals surface area contributed by atoms with Gasteiger partial charge in [-0.15, -0.1) is 0 Å². The first-order valence-corrected chi connectivity index (χ1v) is 4.89. The first-order chi connectivity index (χ1) is 6.83. The smallest absolute Gasteiger partial charge is 0.126 e. The molecule has 0 bridgehead atoms. The summed E-state index contributed by atoms with van der Waals surface area (Å²) in [5.41, 5.74) is 0.719. The first-order valence-electron chi connectivity index (χ1n) is 4.89. The molecule has 3 heteroatoms. The number of hydrogen-bond acceptors (Lipinski definition) is 2. The molecule has 76 valence electrons. The highest BCUT2D eigenvalue weighted by Crippen LogP contribution is 2.29. The van der Waals surface area contributed by atoms with Crippen molar-refractivity contribution >= 4 is 0 Å². The minimum absolute atomic E-state index is 0.112. The van der Waals surface area contributed by atoms with E-state index in [4.69, 9.17) is 5.11 Å². The topological polar surface area (TPSA) is 32.3 Å². The number of aliphatic hydroxyl groups is 1. The van der Waals surface area contributed by atoms with Gasteiger partial charge in [-0.3, -0.25) is 0 Å². The normalized spacial score (nSPS) is 26.7. The zero-order chi connectivity index (χ0) is 9.97. The van der Waals surface area contributed by atoms with Crippen LogP contribution < -0.4 is 5.32 Å². The lowest BCUT2D eigenvalue weighted by Crippen LogP contribution is -2.15. The predicted octanol–water partition coefficient (Wildman–Crippen LogP) is 1.12. The van der Waals surface area contributed by atoms with Crippen molar-refractivity contribution in [3.63, 3.8) is 0 Å². The second kappa shape index (κ2) is 4.07. The Labute approximate surface area is 82.8 Å². The van der Waals surface area contributed by atoms with Gasteiger partial charge in [0.05, 0.1) is 0 Å². The summed E-state index contributed by atoms with van der Waals surface area (Å²) >= 11 is 0. The highest BCUT2D eigenvalue weighted by atomic mass is 19.1. The zero-order valence-corrected chi connectivity index (χ0v) is 7.91. The fourth-order valence-electron chi connectivity index (χ4n) is 2.06. The second-order valence-corrected chi connectivity index (χ2v) is 3.73. The lowest BCUT2D eigenvalue weighted by molar-refractivity contribution is 0.225. The van der Waals surface area contributed by atoms with Crippen LogP contribution >= 0.6 is 0 Å². The van der Waals surface area contributed by atoms with Crippen molar-refractivity contribution in [1.29, 1.82) is 0 Å². The molecule has 0 unspecified atom stereocenters. The van der Waals surface area contributed by atoms with Crippen molar-refractivity contribution < 1.29 is 9.50 Å². The van der Waals surface area contributed by atoms with Crippen LogP contribution in [-0.4, -0.2) is 24.8 Å². The molecule has 0 spiro atoms. The molecule has 0 amide bonds. The van der Waals surface area contributed by atoms with Crippen LogP contribution in [0.1, 0.15) is 11.5 Å². The maximum absolute atomic E-state index is 13.4. The van der Waals surface area contributed by atoms with Gasteiger partial charge in [0.25, 0.3) is 0 Å². The summed E-state index contributed by atoms with van der Waals surface area (Å²) in [5, 5.41) is 12.3. The molecule has 1 aromatic carbocycles. The van der Waals surface area contributed by atoms with Gasteiger partial charge in [-0.1, -0.05) is 18.2 Å². The summed E-state index contributed by atoms with van der Waals surface area (Å²) in [6, 6.07) is 6.80. The van der Waals surface area contributed by atoms with Crippen molar-refractivity contribution in [3.8, 4) is 0 Å². The minimum atomic E-state index is -0.167. The Morgan fingerprint density at radius 1 is 1.36 bits per heavy atom. The van der Waals surface area contributed by atoms with E-state index >= 15 is 0 Å². The lowest BCUT2D eigenvalue weighted by atomic mass is 9.89.